The fourth-order valence-corrected chi connectivity index (χ4v) is 1.81. The molecule has 1 heterocycles. The number of rotatable bonds is 3. The van der Waals surface area contributed by atoms with Crippen LogP contribution in [0, 0.1) is 0 Å². The fourth-order valence-electron chi connectivity index (χ4n) is 1.12. The van der Waals surface area contributed by atoms with Crippen molar-refractivity contribution in [3.8, 4) is 0 Å². The van der Waals surface area contributed by atoms with Crippen LogP contribution in [0.4, 0.5) is 5.82 Å². The summed E-state index contributed by atoms with van der Waals surface area (Å²) in [5, 5.41) is 4.46. The smallest absolute Gasteiger partial charge is 0.344 e. The molecule has 0 radical (unpaired) electrons. The average molecular weight is 260 g/mol. The van der Waals surface area contributed by atoms with Crippen LogP contribution < -0.4 is 11.5 Å². The van der Waals surface area contributed by atoms with E-state index >= 15 is 0 Å². The summed E-state index contributed by atoms with van der Waals surface area (Å²) < 4.78 is 6.02. The first-order valence-electron chi connectivity index (χ1n) is 4.42. The number of nitrogens with two attached hydrogens (primary N) is 2. The lowest BCUT2D eigenvalue weighted by Crippen LogP contribution is -2.22. The minimum Gasteiger partial charge on any atom is -0.462 e. The number of carbonyl (C=O) groups is 1. The Kier molecular flexibility index (Phi) is 4.13. The van der Waals surface area contributed by atoms with Crippen molar-refractivity contribution in [2.45, 2.75) is 11.9 Å². The van der Waals surface area contributed by atoms with Crippen molar-refractivity contribution in [3.05, 3.63) is 5.56 Å². The predicted molar refractivity (Wildman–Crippen MR) is 66.6 cm³/mol. The van der Waals surface area contributed by atoms with Crippen LogP contribution in [0.3, 0.4) is 0 Å². The summed E-state index contributed by atoms with van der Waals surface area (Å²) in [5.74, 6) is -0.415. The second-order valence-electron chi connectivity index (χ2n) is 2.74. The van der Waals surface area contributed by atoms with Crippen LogP contribution >= 0.6 is 24.0 Å². The van der Waals surface area contributed by atoms with Crippen LogP contribution in [0.5, 0.6) is 0 Å². The first-order chi connectivity index (χ1) is 7.52. The second kappa shape index (κ2) is 5.17. The number of carbonyl (C=O) groups excluding carboxylic acids is 1. The molecule has 0 atom stereocenters. The molecule has 1 aromatic rings. The van der Waals surface area contributed by atoms with Gasteiger partial charge >= 0.3 is 5.97 Å². The first-order valence-corrected chi connectivity index (χ1v) is 6.05. The third-order valence-corrected chi connectivity index (χ3v) is 2.62. The summed E-state index contributed by atoms with van der Waals surface area (Å²) in [6, 6.07) is 0. The third-order valence-electron chi connectivity index (χ3n) is 1.77. The lowest BCUT2D eigenvalue weighted by atomic mass is 10.3. The van der Waals surface area contributed by atoms with E-state index in [1.807, 2.05) is 0 Å². The number of esters is 1. The van der Waals surface area contributed by atoms with Gasteiger partial charge in [0.1, 0.15) is 16.4 Å². The largest absolute Gasteiger partial charge is 0.462 e. The lowest BCUT2D eigenvalue weighted by molar-refractivity contribution is 0.0523. The Labute approximate surface area is 102 Å². The van der Waals surface area contributed by atoms with E-state index in [0.29, 0.717) is 5.03 Å². The van der Waals surface area contributed by atoms with Gasteiger partial charge in [-0.15, -0.1) is 11.8 Å². The molecule has 0 aliphatic heterocycles. The van der Waals surface area contributed by atoms with Crippen molar-refractivity contribution in [3.63, 3.8) is 0 Å². The highest BCUT2D eigenvalue weighted by molar-refractivity contribution is 7.98. The Hall–Kier alpha value is -1.28. The van der Waals surface area contributed by atoms with E-state index in [2.05, 4.69) is 5.10 Å². The van der Waals surface area contributed by atoms with Crippen LogP contribution in [0.1, 0.15) is 17.3 Å². The number of nitrogens with zero attached hydrogens (tertiary/aromatic N) is 2. The predicted octanol–water partition coefficient (Wildman–Crippen LogP) is 0.456. The minimum atomic E-state index is -0.521. The standard InChI is InChI=1S/C8H12N4O2S2/c1-3-14-7(13)4-5(9)12(8(10)15)11-6(4)16-2/h3,9H2,1-2H3,(H2,10,15). The quantitative estimate of drug-likeness (QED) is 0.463. The zero-order valence-corrected chi connectivity index (χ0v) is 10.5. The molecule has 6 nitrogen and oxygen atoms in total. The van der Waals surface area contributed by atoms with Crippen molar-refractivity contribution in [1.82, 2.24) is 9.78 Å². The van der Waals surface area contributed by atoms with E-state index in [-0.39, 0.29) is 23.1 Å². The van der Waals surface area contributed by atoms with Gasteiger partial charge in [0.15, 0.2) is 5.11 Å². The average Bonchev–Trinajstić information content (AvgIpc) is 2.55. The molecule has 0 unspecified atom stereocenters. The highest BCUT2D eigenvalue weighted by Crippen LogP contribution is 2.25. The number of thiocarbonyl (C=S) groups is 1. The second-order valence-corrected chi connectivity index (χ2v) is 3.95. The minimum absolute atomic E-state index is 0.0108. The monoisotopic (exact) mass is 260 g/mol. The Morgan fingerprint density at radius 2 is 2.31 bits per heavy atom. The lowest BCUT2D eigenvalue weighted by Gasteiger charge is -2.02. The number of hydrogen-bond donors (Lipinski definition) is 2. The molecule has 0 saturated carbocycles. The Balaban J connectivity index is 3.25. The number of nitrogen functional groups attached to an aromatic ring is 1. The zero-order chi connectivity index (χ0) is 12.3. The molecule has 0 aromatic carbocycles. The fraction of sp³-hybridized carbons (Fsp3) is 0.375. The van der Waals surface area contributed by atoms with E-state index in [1.54, 1.807) is 13.2 Å². The van der Waals surface area contributed by atoms with E-state index in [4.69, 9.17) is 28.4 Å². The summed E-state index contributed by atoms with van der Waals surface area (Å²) in [6.45, 7) is 1.98. The van der Waals surface area contributed by atoms with Crippen molar-refractivity contribution < 1.29 is 9.53 Å². The number of anilines is 1. The van der Waals surface area contributed by atoms with Gasteiger partial charge in [-0.1, -0.05) is 0 Å². The van der Waals surface area contributed by atoms with E-state index in [0.717, 1.165) is 4.68 Å². The molecule has 0 aliphatic rings. The van der Waals surface area contributed by atoms with Crippen molar-refractivity contribution in [2.75, 3.05) is 18.6 Å². The van der Waals surface area contributed by atoms with Crippen LogP contribution in [-0.2, 0) is 4.74 Å². The van der Waals surface area contributed by atoms with E-state index in [9.17, 15) is 4.79 Å². The van der Waals surface area contributed by atoms with Gasteiger partial charge < -0.3 is 16.2 Å². The van der Waals surface area contributed by atoms with Gasteiger partial charge in [-0.25, -0.2) is 4.79 Å². The molecule has 0 spiro atoms. The van der Waals surface area contributed by atoms with Gasteiger partial charge in [-0.3, -0.25) is 0 Å². The maximum Gasteiger partial charge on any atom is 0.344 e. The molecular weight excluding hydrogens is 248 g/mol. The van der Waals surface area contributed by atoms with Gasteiger partial charge in [-0.2, -0.15) is 9.78 Å². The summed E-state index contributed by atoms with van der Waals surface area (Å²) in [5.41, 5.74) is 11.4. The molecule has 0 fully saturated rings. The van der Waals surface area contributed by atoms with Crippen LogP contribution in [-0.4, -0.2) is 33.7 Å². The van der Waals surface area contributed by atoms with Crippen LogP contribution in [0.25, 0.3) is 0 Å². The van der Waals surface area contributed by atoms with Crippen LogP contribution in [0.15, 0.2) is 5.03 Å². The van der Waals surface area contributed by atoms with Crippen molar-refractivity contribution >= 4 is 40.9 Å². The molecular formula is C8H12N4O2S2. The van der Waals surface area contributed by atoms with Gasteiger partial charge in [0, 0.05) is 0 Å². The molecule has 1 aromatic heterocycles. The molecule has 16 heavy (non-hydrogen) atoms. The third kappa shape index (κ3) is 2.27. The summed E-state index contributed by atoms with van der Waals surface area (Å²) >= 11 is 6.03. The summed E-state index contributed by atoms with van der Waals surface area (Å²) in [6.07, 6.45) is 1.77. The van der Waals surface area contributed by atoms with Crippen molar-refractivity contribution in [1.29, 1.82) is 0 Å². The molecule has 0 bridgehead atoms. The number of thioether (sulfide) groups is 1. The number of hydrogen-bond acceptors (Lipinski definition) is 6. The molecule has 4 N–H and O–H groups in total. The maximum absolute atomic E-state index is 11.6. The Morgan fingerprint density at radius 1 is 1.69 bits per heavy atom. The molecule has 0 amide bonds. The molecule has 0 saturated heterocycles. The normalized spacial score (nSPS) is 10.1. The van der Waals surface area contributed by atoms with Gasteiger partial charge in [0.05, 0.1) is 6.61 Å². The maximum atomic E-state index is 11.6. The van der Waals surface area contributed by atoms with Gasteiger partial charge in [0.25, 0.3) is 0 Å². The Morgan fingerprint density at radius 3 is 2.75 bits per heavy atom. The van der Waals surface area contributed by atoms with Crippen molar-refractivity contribution in [2.24, 2.45) is 5.73 Å². The summed E-state index contributed by atoms with van der Waals surface area (Å²) in [4.78, 5) is 11.6. The SMILES string of the molecule is CCOC(=O)c1c(SC)nn(C(N)=S)c1N. The highest BCUT2D eigenvalue weighted by atomic mass is 32.2. The number of ether oxygens (including phenoxy) is 1. The molecule has 88 valence electrons. The van der Waals surface area contributed by atoms with Crippen LogP contribution in [0.2, 0.25) is 0 Å². The van der Waals surface area contributed by atoms with Gasteiger partial charge in [-0.05, 0) is 25.4 Å². The molecule has 8 heteroatoms. The molecule has 1 rings (SSSR count). The zero-order valence-electron chi connectivity index (χ0n) is 8.89. The Bertz CT molecular complexity index is 430. The molecule has 0 aliphatic carbocycles. The number of aromatic nitrogens is 2. The first kappa shape index (κ1) is 12.8. The summed E-state index contributed by atoms with van der Waals surface area (Å²) in [7, 11) is 0. The van der Waals surface area contributed by atoms with E-state index < -0.39 is 5.97 Å². The van der Waals surface area contributed by atoms with Gasteiger partial charge in [0.2, 0.25) is 0 Å². The topological polar surface area (TPSA) is 96.2 Å². The van der Waals surface area contributed by atoms with E-state index in [1.165, 1.54) is 11.8 Å². The highest BCUT2D eigenvalue weighted by Gasteiger charge is 2.23.